The first-order chi connectivity index (χ1) is 37.0. The minimum atomic E-state index is -0.353. The number of benzene rings is 9. The van der Waals surface area contributed by atoms with Gasteiger partial charge in [0.25, 0.3) is 0 Å². The largest absolute Gasteiger partial charge is 0.455 e. The predicted molar refractivity (Wildman–Crippen MR) is 327 cm³/mol. The summed E-state index contributed by atoms with van der Waals surface area (Å²) in [7, 11) is 0. The maximum absolute atomic E-state index is 7.02. The smallest absolute Gasteiger partial charge is 0.144 e. The van der Waals surface area contributed by atoms with Gasteiger partial charge in [-0.25, -0.2) is 0 Å². The molecular weight excluding hydrogens is 933 g/mol. The van der Waals surface area contributed by atoms with E-state index in [-0.39, 0.29) is 21.7 Å². The lowest BCUT2D eigenvalue weighted by Gasteiger charge is -2.32. The van der Waals surface area contributed by atoms with Gasteiger partial charge in [-0.2, -0.15) is 0 Å². The summed E-state index contributed by atoms with van der Waals surface area (Å²) in [4.78, 5) is 6.35. The molecule has 0 atom stereocenters. The van der Waals surface area contributed by atoms with Crippen molar-refractivity contribution in [2.75, 3.05) is 4.90 Å². The van der Waals surface area contributed by atoms with E-state index in [4.69, 9.17) is 4.42 Å². The van der Waals surface area contributed by atoms with Crippen molar-refractivity contribution in [1.29, 1.82) is 0 Å². The number of aromatic nitrogens is 1. The molecule has 1 N–H and O–H groups in total. The highest BCUT2D eigenvalue weighted by atomic mass is 16.3. The summed E-state index contributed by atoms with van der Waals surface area (Å²) in [5.74, 6) is 0. The summed E-state index contributed by atoms with van der Waals surface area (Å²) in [5, 5.41) is 5.65. The van der Waals surface area contributed by atoms with Gasteiger partial charge in [-0.05, 0) is 144 Å². The number of anilines is 3. The predicted octanol–water partition coefficient (Wildman–Crippen LogP) is 18.9. The minimum absolute atomic E-state index is 0.00743. The number of H-pyrrole nitrogens is 1. The zero-order chi connectivity index (χ0) is 53.1. The maximum atomic E-state index is 7.02. The second-order valence-corrected chi connectivity index (χ2v) is 24.5. The molecule has 3 aliphatic rings. The topological polar surface area (TPSA) is 32.2 Å². The highest BCUT2D eigenvalue weighted by Gasteiger charge is 2.49. The van der Waals surface area contributed by atoms with E-state index < -0.39 is 0 Å². The van der Waals surface area contributed by atoms with Crippen LogP contribution >= 0.6 is 0 Å². The Kier molecular flexibility index (Phi) is 9.97. The van der Waals surface area contributed by atoms with Crippen molar-refractivity contribution in [2.24, 2.45) is 0 Å². The molecule has 0 saturated heterocycles. The van der Waals surface area contributed by atoms with E-state index in [1.807, 2.05) is 0 Å². The molecule has 2 heterocycles. The summed E-state index contributed by atoms with van der Waals surface area (Å²) in [5.41, 5.74) is 27.4. The second-order valence-electron chi connectivity index (χ2n) is 24.5. The molecule has 14 rings (SSSR count). The molecule has 0 saturated carbocycles. The molecule has 11 aromatic rings. The van der Waals surface area contributed by atoms with Crippen molar-refractivity contribution in [1.82, 2.24) is 4.98 Å². The summed E-state index contributed by atoms with van der Waals surface area (Å²) in [6.45, 7) is 28.2. The summed E-state index contributed by atoms with van der Waals surface area (Å²) >= 11 is 0. The second kappa shape index (κ2) is 16.3. The molecule has 0 spiro atoms. The third-order valence-electron chi connectivity index (χ3n) is 18.0. The summed E-state index contributed by atoms with van der Waals surface area (Å²) in [6, 6.07) is 63.6. The lowest BCUT2D eigenvalue weighted by Crippen LogP contribution is -2.24. The van der Waals surface area contributed by atoms with Crippen molar-refractivity contribution in [3.63, 3.8) is 0 Å². The van der Waals surface area contributed by atoms with Crippen LogP contribution in [0.3, 0.4) is 0 Å². The molecule has 0 bridgehead atoms. The van der Waals surface area contributed by atoms with Crippen LogP contribution in [0, 0.1) is 0 Å². The Bertz CT molecular complexity index is 4470. The van der Waals surface area contributed by atoms with E-state index in [1.54, 1.807) is 0 Å². The zero-order valence-corrected chi connectivity index (χ0v) is 46.0. The van der Waals surface area contributed by atoms with Crippen LogP contribution in [-0.4, -0.2) is 4.98 Å². The van der Waals surface area contributed by atoms with E-state index >= 15 is 0 Å². The molecule has 0 unspecified atom stereocenters. The van der Waals surface area contributed by atoms with Crippen LogP contribution in [0.15, 0.2) is 186 Å². The van der Waals surface area contributed by atoms with Gasteiger partial charge in [-0.3, -0.25) is 0 Å². The van der Waals surface area contributed by atoms with Crippen LogP contribution in [0.1, 0.15) is 108 Å². The maximum Gasteiger partial charge on any atom is 0.144 e. The number of hydrogen-bond donors (Lipinski definition) is 1. The van der Waals surface area contributed by atoms with Gasteiger partial charge in [0.15, 0.2) is 0 Å². The number of aromatic amines is 1. The van der Waals surface area contributed by atoms with Crippen molar-refractivity contribution < 1.29 is 4.42 Å². The number of allylic oxidation sites excluding steroid dienone is 2. The minimum Gasteiger partial charge on any atom is -0.455 e. The van der Waals surface area contributed by atoms with Gasteiger partial charge in [-0.1, -0.05) is 208 Å². The third kappa shape index (κ3) is 6.56. The number of fused-ring (bicyclic) bond motifs is 17. The van der Waals surface area contributed by atoms with Crippen LogP contribution in [0.4, 0.5) is 17.1 Å². The van der Waals surface area contributed by atoms with Gasteiger partial charge in [0, 0.05) is 71.2 Å². The van der Waals surface area contributed by atoms with Crippen molar-refractivity contribution >= 4 is 62.6 Å². The Morgan fingerprint density at radius 2 is 1.08 bits per heavy atom. The Balaban J connectivity index is 0.988. The molecule has 0 amide bonds. The number of nitrogens with one attached hydrogen (secondary N) is 1. The van der Waals surface area contributed by atoms with Crippen LogP contribution in [0.25, 0.3) is 101 Å². The zero-order valence-electron chi connectivity index (χ0n) is 46.0. The SMILES string of the molecule is C=c1[nH]c2c(-c3ccccc3-c3ccccc3)cc3c(c2/c1=C/C=C\C)-c1ccc(N(c2ccc(C(C)(C)C)cc2)c2ccc4c(c2)C(C)(C)c2c5c(c6oc7ccccc7c6c2-4)-c2ccccc2C5(C)C)cc1C3(C)C. The Labute approximate surface area is 452 Å². The fourth-order valence-corrected chi connectivity index (χ4v) is 14.2. The molecule has 9 aromatic carbocycles. The number of furan rings is 1. The van der Waals surface area contributed by atoms with Gasteiger partial charge in [0.2, 0.25) is 0 Å². The monoisotopic (exact) mass is 997 g/mol. The highest BCUT2D eigenvalue weighted by molar-refractivity contribution is 6.21. The molecule has 3 aliphatic carbocycles. The number of nitrogens with zero attached hydrogens (tertiary/aromatic N) is 1. The number of rotatable bonds is 6. The van der Waals surface area contributed by atoms with Crippen LogP contribution in [-0.2, 0) is 21.7 Å². The highest BCUT2D eigenvalue weighted by Crippen LogP contribution is 2.64. The van der Waals surface area contributed by atoms with Crippen LogP contribution in [0.5, 0.6) is 0 Å². The Morgan fingerprint density at radius 1 is 0.506 bits per heavy atom. The molecule has 0 aliphatic heterocycles. The van der Waals surface area contributed by atoms with E-state index in [0.717, 1.165) is 44.3 Å². The van der Waals surface area contributed by atoms with Gasteiger partial charge in [0.1, 0.15) is 11.2 Å². The fraction of sp³-hybridized carbons (Fsp3) is 0.189. The quantitative estimate of drug-likeness (QED) is 0.180. The normalized spacial score (nSPS) is 15.5. The summed E-state index contributed by atoms with van der Waals surface area (Å²) in [6.07, 6.45) is 6.48. The Morgan fingerprint density at radius 3 is 1.78 bits per heavy atom. The van der Waals surface area contributed by atoms with E-state index in [1.165, 1.54) is 111 Å². The molecule has 376 valence electrons. The van der Waals surface area contributed by atoms with Crippen LogP contribution < -0.4 is 15.5 Å². The number of hydrogen-bond acceptors (Lipinski definition) is 2. The molecule has 77 heavy (non-hydrogen) atoms. The van der Waals surface area contributed by atoms with Crippen molar-refractivity contribution in [3.8, 4) is 55.6 Å². The summed E-state index contributed by atoms with van der Waals surface area (Å²) < 4.78 is 7.02. The molecule has 3 heteroatoms. The van der Waals surface area contributed by atoms with Crippen molar-refractivity contribution in [3.05, 3.63) is 232 Å². The molecule has 0 fully saturated rings. The van der Waals surface area contributed by atoms with E-state index in [9.17, 15) is 0 Å². The van der Waals surface area contributed by atoms with Crippen molar-refractivity contribution in [2.45, 2.75) is 90.9 Å². The first-order valence-electron chi connectivity index (χ1n) is 27.5. The van der Waals surface area contributed by atoms with Gasteiger partial charge in [0.05, 0.1) is 5.52 Å². The Hall–Kier alpha value is -8.40. The fourth-order valence-electron chi connectivity index (χ4n) is 14.2. The van der Waals surface area contributed by atoms with Crippen LogP contribution in [0.2, 0.25) is 0 Å². The molecular formula is C74H64N2O. The lowest BCUT2D eigenvalue weighted by atomic mass is 9.72. The molecule has 2 aromatic heterocycles. The van der Waals surface area contributed by atoms with Gasteiger partial charge >= 0.3 is 0 Å². The van der Waals surface area contributed by atoms with E-state index in [2.05, 4.69) is 274 Å². The third-order valence-corrected chi connectivity index (χ3v) is 18.0. The lowest BCUT2D eigenvalue weighted by molar-refractivity contribution is 0.590. The first kappa shape index (κ1) is 47.1. The van der Waals surface area contributed by atoms with E-state index in [0.29, 0.717) is 0 Å². The first-order valence-corrected chi connectivity index (χ1v) is 27.5. The average Bonchev–Trinajstić information content (AvgIpc) is 4.36. The number of para-hydroxylation sites is 1. The standard InChI is InChI=1S/C74H64N2O/c1-12-13-25-49-43(2)75-69-56(51-27-18-17-26-50(51)44-23-15-14-16-24-44)42-60-62(64(49)69)53-38-36-47(40-58(53)72(60,6)7)76(46-34-32-45(33-35-46)71(3,4)5)48-37-39-54-59(41-48)74(10,11)67-63(54)65-55-29-20-22-31-61(55)77-70(65)66-52-28-19-21-30-57(52)73(8,9)68(66)67/h12-42,75H,2H2,1,3-11H3/b13-12-,49-25+. The molecule has 0 radical (unpaired) electrons. The van der Waals surface area contributed by atoms with Gasteiger partial charge < -0.3 is 14.3 Å². The van der Waals surface area contributed by atoms with Gasteiger partial charge in [-0.15, -0.1) is 0 Å². The average molecular weight is 997 g/mol. The molecule has 3 nitrogen and oxygen atoms in total.